The summed E-state index contributed by atoms with van der Waals surface area (Å²) in [4.78, 5) is 33.8. The zero-order valence-electron chi connectivity index (χ0n) is 29.4. The standard InChI is InChI=1S/C40H54N2O4/c1-9-45-34(44)37(5)19-18-36(4)20-21-39(7)28(29(36)23-37)22-30(43)33-38(6)16-15-32(35(2,3)31(38)14-17-40(33,39)8)42-46-25-27-12-10-26(24-41)11-13-27/h10-13,22,29,31,33H,9,14-21,23,25H2,1-8H3/b42-32+/t29-,31-,33+,36+,37-,38-,39+,40+/m0/s1. The molecule has 1 aromatic carbocycles. The van der Waals surface area contributed by atoms with Crippen molar-refractivity contribution in [2.75, 3.05) is 6.61 Å². The minimum atomic E-state index is -0.505. The van der Waals surface area contributed by atoms with Crippen LogP contribution in [0.2, 0.25) is 0 Å². The number of ether oxygens (including phenoxy) is 1. The Balaban J connectivity index is 1.29. The van der Waals surface area contributed by atoms with Crippen LogP contribution >= 0.6 is 0 Å². The number of hydrogen-bond acceptors (Lipinski definition) is 6. The summed E-state index contributed by atoms with van der Waals surface area (Å²) in [6, 6.07) is 9.61. The quantitative estimate of drug-likeness (QED) is 0.240. The van der Waals surface area contributed by atoms with Crippen LogP contribution in [0.15, 0.2) is 41.1 Å². The highest BCUT2D eigenvalue weighted by molar-refractivity contribution is 5.97. The summed E-state index contributed by atoms with van der Waals surface area (Å²) in [5.41, 5.74) is 3.08. The molecule has 4 saturated carbocycles. The minimum absolute atomic E-state index is 0.0442. The lowest BCUT2D eigenvalue weighted by molar-refractivity contribution is -0.177. The second-order valence-electron chi connectivity index (χ2n) is 17.3. The van der Waals surface area contributed by atoms with Crippen molar-refractivity contribution in [2.45, 2.75) is 120 Å². The molecule has 0 N–H and O–H groups in total. The van der Waals surface area contributed by atoms with Gasteiger partial charge in [-0.3, -0.25) is 9.59 Å². The summed E-state index contributed by atoms with van der Waals surface area (Å²) < 4.78 is 5.59. The predicted molar refractivity (Wildman–Crippen MR) is 179 cm³/mol. The van der Waals surface area contributed by atoms with Gasteiger partial charge in [-0.1, -0.05) is 64.4 Å². The van der Waals surface area contributed by atoms with Gasteiger partial charge in [0.1, 0.15) is 6.61 Å². The molecule has 0 bridgehead atoms. The van der Waals surface area contributed by atoms with Gasteiger partial charge < -0.3 is 9.57 Å². The Morgan fingerprint density at radius 2 is 1.67 bits per heavy atom. The molecule has 0 spiro atoms. The molecule has 0 radical (unpaired) electrons. The van der Waals surface area contributed by atoms with Crippen molar-refractivity contribution in [2.24, 2.45) is 55.4 Å². The number of rotatable bonds is 5. The van der Waals surface area contributed by atoms with Crippen LogP contribution in [0.25, 0.3) is 0 Å². The lowest BCUT2D eigenvalue weighted by Crippen LogP contribution is -2.66. The van der Waals surface area contributed by atoms with Gasteiger partial charge in [-0.15, -0.1) is 0 Å². The molecule has 8 atom stereocenters. The second-order valence-corrected chi connectivity index (χ2v) is 17.3. The number of hydrogen-bond donors (Lipinski definition) is 0. The SMILES string of the molecule is CCOC(=O)[C@@]1(C)CC[C@]2(C)CC[C@]3(C)C(=CC(=O)[C@@H]4[C@@]5(C)CC/C(=N\OCc6ccc(C#N)cc6)C(C)(C)[C@@H]5CC[C@]43C)[C@@H]2C1. The normalized spacial score (nSPS) is 42.0. The number of nitrogens with zero attached hydrogens (tertiary/aromatic N) is 2. The number of allylic oxidation sites excluding steroid dienone is 2. The van der Waals surface area contributed by atoms with E-state index in [2.05, 4.69) is 60.6 Å². The van der Waals surface area contributed by atoms with Gasteiger partial charge >= 0.3 is 5.97 Å². The number of benzene rings is 1. The maximum atomic E-state index is 14.7. The van der Waals surface area contributed by atoms with Crippen molar-refractivity contribution >= 4 is 17.5 Å². The van der Waals surface area contributed by atoms with Crippen LogP contribution < -0.4 is 0 Å². The van der Waals surface area contributed by atoms with Crippen LogP contribution in [0.1, 0.15) is 124 Å². The molecule has 0 heterocycles. The lowest BCUT2D eigenvalue weighted by atomic mass is 9.33. The number of oxime groups is 1. The van der Waals surface area contributed by atoms with E-state index in [0.29, 0.717) is 30.5 Å². The Morgan fingerprint density at radius 3 is 2.35 bits per heavy atom. The topological polar surface area (TPSA) is 88.8 Å². The van der Waals surface area contributed by atoms with Gasteiger partial charge in [0.15, 0.2) is 5.78 Å². The van der Waals surface area contributed by atoms with Gasteiger partial charge in [-0.2, -0.15) is 5.26 Å². The fraction of sp³-hybridized carbons (Fsp3) is 0.700. The smallest absolute Gasteiger partial charge is 0.311 e. The molecule has 0 unspecified atom stereocenters. The van der Waals surface area contributed by atoms with E-state index in [1.807, 2.05) is 31.2 Å². The van der Waals surface area contributed by atoms with Gasteiger partial charge in [-0.25, -0.2) is 0 Å². The number of esters is 1. The number of carbonyl (C=O) groups is 2. The first-order valence-corrected chi connectivity index (χ1v) is 17.7. The zero-order chi connectivity index (χ0) is 33.3. The van der Waals surface area contributed by atoms with Gasteiger partial charge in [0.2, 0.25) is 0 Å². The maximum absolute atomic E-state index is 14.7. The summed E-state index contributed by atoms with van der Waals surface area (Å²) in [5, 5.41) is 13.8. The molecular weight excluding hydrogens is 572 g/mol. The highest BCUT2D eigenvalue weighted by Gasteiger charge is 2.70. The van der Waals surface area contributed by atoms with E-state index in [-0.39, 0.29) is 44.9 Å². The van der Waals surface area contributed by atoms with Gasteiger partial charge in [0.05, 0.1) is 29.4 Å². The van der Waals surface area contributed by atoms with Gasteiger partial charge in [0, 0.05) is 11.3 Å². The number of nitriles is 1. The Bertz CT molecular complexity index is 1520. The third-order valence-electron chi connectivity index (χ3n) is 14.6. The minimum Gasteiger partial charge on any atom is -0.466 e. The van der Waals surface area contributed by atoms with Crippen LogP contribution in [0.4, 0.5) is 0 Å². The van der Waals surface area contributed by atoms with Crippen molar-refractivity contribution in [3.05, 3.63) is 47.0 Å². The van der Waals surface area contributed by atoms with E-state index in [1.165, 1.54) is 5.57 Å². The monoisotopic (exact) mass is 626 g/mol. The Kier molecular flexibility index (Phi) is 7.93. The molecule has 0 aliphatic heterocycles. The number of ketones is 1. The fourth-order valence-electron chi connectivity index (χ4n) is 11.5. The predicted octanol–water partition coefficient (Wildman–Crippen LogP) is 8.97. The lowest BCUT2D eigenvalue weighted by Gasteiger charge is -2.70. The Hall–Kier alpha value is -2.94. The van der Waals surface area contributed by atoms with Crippen LogP contribution in [-0.2, 0) is 25.8 Å². The van der Waals surface area contributed by atoms with E-state index < -0.39 is 5.41 Å². The molecule has 0 aromatic heterocycles. The first-order chi connectivity index (χ1) is 21.6. The van der Waals surface area contributed by atoms with Crippen molar-refractivity contribution in [1.82, 2.24) is 0 Å². The first-order valence-electron chi connectivity index (χ1n) is 17.7. The molecule has 6 nitrogen and oxygen atoms in total. The molecule has 1 aromatic rings. The average molecular weight is 627 g/mol. The third-order valence-corrected chi connectivity index (χ3v) is 14.6. The van der Waals surface area contributed by atoms with E-state index in [1.54, 1.807) is 0 Å². The highest BCUT2D eigenvalue weighted by Crippen LogP contribution is 2.75. The third kappa shape index (κ3) is 4.73. The molecule has 4 fully saturated rings. The molecule has 6 heteroatoms. The van der Waals surface area contributed by atoms with Gasteiger partial charge in [0.25, 0.3) is 0 Å². The molecule has 46 heavy (non-hydrogen) atoms. The zero-order valence-corrected chi connectivity index (χ0v) is 29.4. The van der Waals surface area contributed by atoms with E-state index in [0.717, 1.165) is 69.1 Å². The molecule has 6 rings (SSSR count). The number of carbonyl (C=O) groups excluding carboxylic acids is 2. The molecule has 5 aliphatic carbocycles. The van der Waals surface area contributed by atoms with Crippen molar-refractivity contribution in [3.63, 3.8) is 0 Å². The van der Waals surface area contributed by atoms with Gasteiger partial charge in [-0.05, 0) is 129 Å². The van der Waals surface area contributed by atoms with Crippen LogP contribution in [0.5, 0.6) is 0 Å². The Morgan fingerprint density at radius 1 is 0.978 bits per heavy atom. The molecule has 5 aliphatic rings. The van der Waals surface area contributed by atoms with Crippen molar-refractivity contribution < 1.29 is 19.2 Å². The molecular formula is C40H54N2O4. The molecule has 248 valence electrons. The molecule has 0 saturated heterocycles. The van der Waals surface area contributed by atoms with E-state index in [9.17, 15) is 9.59 Å². The summed E-state index contributed by atoms with van der Waals surface area (Å²) in [5.74, 6) is 0.728. The molecule has 0 amide bonds. The van der Waals surface area contributed by atoms with Crippen molar-refractivity contribution in [3.8, 4) is 6.07 Å². The highest BCUT2D eigenvalue weighted by atomic mass is 16.6. The second kappa shape index (κ2) is 11.1. The van der Waals surface area contributed by atoms with Crippen LogP contribution in [0.3, 0.4) is 0 Å². The number of fused-ring (bicyclic) bond motifs is 7. The maximum Gasteiger partial charge on any atom is 0.311 e. The largest absolute Gasteiger partial charge is 0.466 e. The van der Waals surface area contributed by atoms with E-state index in [4.69, 9.17) is 20.0 Å². The van der Waals surface area contributed by atoms with Crippen LogP contribution in [0, 0.1) is 61.6 Å². The van der Waals surface area contributed by atoms with Crippen LogP contribution in [-0.4, -0.2) is 24.1 Å². The summed E-state index contributed by atoms with van der Waals surface area (Å²) >= 11 is 0. The van der Waals surface area contributed by atoms with E-state index >= 15 is 0 Å². The first kappa shape index (κ1) is 33.0. The Labute approximate surface area is 276 Å². The summed E-state index contributed by atoms with van der Waals surface area (Å²) in [6.45, 7) is 19.1. The summed E-state index contributed by atoms with van der Waals surface area (Å²) in [7, 11) is 0. The summed E-state index contributed by atoms with van der Waals surface area (Å²) in [6.07, 6.45) is 10.8. The average Bonchev–Trinajstić information content (AvgIpc) is 3.00. The fourth-order valence-corrected chi connectivity index (χ4v) is 11.5. The van der Waals surface area contributed by atoms with Crippen molar-refractivity contribution in [1.29, 1.82) is 5.26 Å².